The molecule has 0 atom stereocenters. The zero-order valence-electron chi connectivity index (χ0n) is 9.72. The van der Waals surface area contributed by atoms with Crippen LogP contribution in [0.15, 0.2) is 60.8 Å². The highest BCUT2D eigenvalue weighted by molar-refractivity contribution is 5.83. The van der Waals surface area contributed by atoms with Crippen LogP contribution in [0, 0.1) is 0 Å². The monoisotopic (exact) mass is 222 g/mol. The van der Waals surface area contributed by atoms with E-state index in [0.717, 1.165) is 5.69 Å². The van der Waals surface area contributed by atoms with E-state index in [0.29, 0.717) is 0 Å². The highest BCUT2D eigenvalue weighted by Crippen LogP contribution is 2.25. The van der Waals surface area contributed by atoms with Crippen molar-refractivity contribution in [3.8, 4) is 5.69 Å². The normalized spacial score (nSPS) is 10.6. The van der Waals surface area contributed by atoms with E-state index < -0.39 is 0 Å². The first-order chi connectivity index (χ1) is 8.40. The van der Waals surface area contributed by atoms with Gasteiger partial charge < -0.3 is 9.88 Å². The molecule has 3 rings (SSSR count). The summed E-state index contributed by atoms with van der Waals surface area (Å²) in [5, 5.41) is 4.49. The summed E-state index contributed by atoms with van der Waals surface area (Å²) in [5.41, 5.74) is 3.54. The highest BCUT2D eigenvalue weighted by Gasteiger charge is 2.05. The zero-order chi connectivity index (χ0) is 11.7. The summed E-state index contributed by atoms with van der Waals surface area (Å²) in [5.74, 6) is 0. The predicted octanol–water partition coefficient (Wildman–Crippen LogP) is 3.67. The number of fused-ring (bicyclic) bond motifs is 1. The van der Waals surface area contributed by atoms with Crippen molar-refractivity contribution in [2.24, 2.45) is 0 Å². The van der Waals surface area contributed by atoms with Crippen LogP contribution in [0.3, 0.4) is 0 Å². The second-order valence-corrected chi connectivity index (χ2v) is 4.01. The number of benzene rings is 2. The predicted molar refractivity (Wildman–Crippen MR) is 72.8 cm³/mol. The van der Waals surface area contributed by atoms with Crippen LogP contribution < -0.4 is 5.32 Å². The number of aromatic nitrogens is 1. The summed E-state index contributed by atoms with van der Waals surface area (Å²) in [4.78, 5) is 0. The maximum atomic E-state index is 3.23. The second kappa shape index (κ2) is 3.98. The Morgan fingerprint density at radius 3 is 2.53 bits per heavy atom. The number of nitrogens with one attached hydrogen (secondary N) is 1. The number of hydrogen-bond donors (Lipinski definition) is 1. The summed E-state index contributed by atoms with van der Waals surface area (Å²) in [7, 11) is 1.95. The molecule has 0 saturated carbocycles. The van der Waals surface area contributed by atoms with Crippen molar-refractivity contribution in [2.45, 2.75) is 0 Å². The van der Waals surface area contributed by atoms with Gasteiger partial charge in [-0.1, -0.05) is 30.3 Å². The van der Waals surface area contributed by atoms with E-state index in [1.807, 2.05) is 13.1 Å². The molecule has 0 radical (unpaired) electrons. The largest absolute Gasteiger partial charge is 0.386 e. The van der Waals surface area contributed by atoms with Crippen LogP contribution in [0.2, 0.25) is 0 Å². The maximum Gasteiger partial charge on any atom is 0.0687 e. The van der Waals surface area contributed by atoms with Crippen LogP contribution >= 0.6 is 0 Å². The van der Waals surface area contributed by atoms with Crippen LogP contribution in [0.25, 0.3) is 16.6 Å². The molecule has 2 nitrogen and oxygen atoms in total. The first kappa shape index (κ1) is 9.97. The molecule has 2 aromatic carbocycles. The lowest BCUT2D eigenvalue weighted by molar-refractivity contribution is 1.13. The van der Waals surface area contributed by atoms with Gasteiger partial charge in [0, 0.05) is 13.2 Å². The molecule has 0 aliphatic rings. The Morgan fingerprint density at radius 2 is 1.65 bits per heavy atom. The number of rotatable bonds is 2. The van der Waals surface area contributed by atoms with Crippen LogP contribution in [-0.2, 0) is 0 Å². The van der Waals surface area contributed by atoms with Crippen LogP contribution in [0.5, 0.6) is 0 Å². The molecule has 1 heterocycles. The third kappa shape index (κ3) is 1.58. The van der Waals surface area contributed by atoms with Crippen molar-refractivity contribution in [2.75, 3.05) is 12.4 Å². The molecular weight excluding hydrogens is 208 g/mol. The van der Waals surface area contributed by atoms with E-state index in [2.05, 4.69) is 64.6 Å². The number of para-hydroxylation sites is 3. The Hall–Kier alpha value is -2.22. The number of anilines is 1. The van der Waals surface area contributed by atoms with Crippen molar-refractivity contribution >= 4 is 16.6 Å². The molecule has 0 aliphatic carbocycles. The Kier molecular flexibility index (Phi) is 2.33. The van der Waals surface area contributed by atoms with Crippen LogP contribution in [-0.4, -0.2) is 11.6 Å². The fourth-order valence-corrected chi connectivity index (χ4v) is 2.19. The van der Waals surface area contributed by atoms with Crippen molar-refractivity contribution in [3.05, 3.63) is 60.8 Å². The molecule has 0 unspecified atom stereocenters. The molecule has 0 amide bonds. The highest BCUT2D eigenvalue weighted by atomic mass is 15.0. The van der Waals surface area contributed by atoms with E-state index in [-0.39, 0.29) is 0 Å². The van der Waals surface area contributed by atoms with E-state index >= 15 is 0 Å². The molecule has 2 heteroatoms. The fourth-order valence-electron chi connectivity index (χ4n) is 2.19. The van der Waals surface area contributed by atoms with Gasteiger partial charge in [-0.05, 0) is 29.7 Å². The van der Waals surface area contributed by atoms with Crippen molar-refractivity contribution in [1.29, 1.82) is 0 Å². The lowest BCUT2D eigenvalue weighted by Gasteiger charge is -2.11. The van der Waals surface area contributed by atoms with Gasteiger partial charge in [-0.2, -0.15) is 0 Å². The molecule has 3 aromatic rings. The van der Waals surface area contributed by atoms with E-state index in [4.69, 9.17) is 0 Å². The van der Waals surface area contributed by atoms with Gasteiger partial charge in [0.1, 0.15) is 0 Å². The first-order valence-corrected chi connectivity index (χ1v) is 5.73. The number of hydrogen-bond acceptors (Lipinski definition) is 1. The third-order valence-corrected chi connectivity index (χ3v) is 3.03. The van der Waals surface area contributed by atoms with Gasteiger partial charge in [-0.15, -0.1) is 0 Å². The smallest absolute Gasteiger partial charge is 0.0687 e. The Balaban J connectivity index is 2.27. The Labute approximate surface area is 101 Å². The number of nitrogens with zero attached hydrogens (tertiary/aromatic N) is 1. The van der Waals surface area contributed by atoms with Gasteiger partial charge in [0.25, 0.3) is 0 Å². The van der Waals surface area contributed by atoms with Crippen molar-refractivity contribution in [3.63, 3.8) is 0 Å². The summed E-state index contributed by atoms with van der Waals surface area (Å²) < 4.78 is 2.21. The Morgan fingerprint density at radius 1 is 0.882 bits per heavy atom. The molecule has 0 bridgehead atoms. The maximum absolute atomic E-state index is 3.23. The third-order valence-electron chi connectivity index (χ3n) is 3.03. The molecule has 0 saturated heterocycles. The van der Waals surface area contributed by atoms with Crippen LogP contribution in [0.1, 0.15) is 0 Å². The SMILES string of the molecule is CNc1ccccc1-n1ccc2ccccc21. The topological polar surface area (TPSA) is 17.0 Å². The summed E-state index contributed by atoms with van der Waals surface area (Å²) in [6.45, 7) is 0. The first-order valence-electron chi connectivity index (χ1n) is 5.73. The zero-order valence-corrected chi connectivity index (χ0v) is 9.72. The Bertz CT molecular complexity index is 653. The van der Waals surface area contributed by atoms with Gasteiger partial charge in [0.2, 0.25) is 0 Å². The van der Waals surface area contributed by atoms with Gasteiger partial charge in [0.15, 0.2) is 0 Å². The average Bonchev–Trinajstić information content (AvgIpc) is 2.82. The van der Waals surface area contributed by atoms with E-state index in [1.54, 1.807) is 0 Å². The molecular formula is C15H14N2. The van der Waals surface area contributed by atoms with Gasteiger partial charge in [-0.25, -0.2) is 0 Å². The molecule has 0 fully saturated rings. The lowest BCUT2D eigenvalue weighted by atomic mass is 10.2. The van der Waals surface area contributed by atoms with Gasteiger partial charge in [0.05, 0.1) is 16.9 Å². The molecule has 0 spiro atoms. The molecule has 1 aromatic heterocycles. The van der Waals surface area contributed by atoms with Crippen molar-refractivity contribution in [1.82, 2.24) is 4.57 Å². The molecule has 17 heavy (non-hydrogen) atoms. The lowest BCUT2D eigenvalue weighted by Crippen LogP contribution is -1.98. The minimum atomic E-state index is 1.13. The standard InChI is InChI=1S/C15H14N2/c1-16-13-7-3-5-9-15(13)17-11-10-12-6-2-4-8-14(12)17/h2-11,16H,1H3. The van der Waals surface area contributed by atoms with Gasteiger partial charge in [-0.3, -0.25) is 0 Å². The minimum Gasteiger partial charge on any atom is -0.386 e. The summed E-state index contributed by atoms with van der Waals surface area (Å²) in [6, 6.07) is 18.9. The van der Waals surface area contributed by atoms with E-state index in [9.17, 15) is 0 Å². The second-order valence-electron chi connectivity index (χ2n) is 4.01. The van der Waals surface area contributed by atoms with Crippen molar-refractivity contribution < 1.29 is 0 Å². The summed E-state index contributed by atoms with van der Waals surface area (Å²) in [6.07, 6.45) is 2.11. The van der Waals surface area contributed by atoms with E-state index in [1.165, 1.54) is 16.6 Å². The quantitative estimate of drug-likeness (QED) is 0.700. The molecule has 0 aliphatic heterocycles. The minimum absolute atomic E-state index is 1.13. The van der Waals surface area contributed by atoms with Crippen LogP contribution in [0.4, 0.5) is 5.69 Å². The average molecular weight is 222 g/mol. The fraction of sp³-hybridized carbons (Fsp3) is 0.0667. The molecule has 84 valence electrons. The summed E-state index contributed by atoms with van der Waals surface area (Å²) >= 11 is 0. The molecule has 1 N–H and O–H groups in total. The van der Waals surface area contributed by atoms with Gasteiger partial charge >= 0.3 is 0 Å².